The van der Waals surface area contributed by atoms with Crippen LogP contribution in [0, 0.1) is 11.8 Å². The van der Waals surface area contributed by atoms with Crippen molar-refractivity contribution in [2.45, 2.75) is 57.2 Å². The van der Waals surface area contributed by atoms with Crippen molar-refractivity contribution in [3.05, 3.63) is 34.9 Å². The molecule has 1 saturated heterocycles. The van der Waals surface area contributed by atoms with Crippen molar-refractivity contribution in [3.63, 3.8) is 0 Å². The minimum Gasteiger partial charge on any atom is -0.394 e. The molecule has 162 valence electrons. The summed E-state index contributed by atoms with van der Waals surface area (Å²) in [6.45, 7) is 2.02. The average molecular weight is 443 g/mol. The Kier molecular flexibility index (Phi) is 8.10. The molecule has 1 aliphatic heterocycles. The average Bonchev–Trinajstić information content (AvgIpc) is 3.56. The van der Waals surface area contributed by atoms with E-state index in [1.165, 1.54) is 0 Å². The van der Waals surface area contributed by atoms with Crippen molar-refractivity contribution >= 4 is 28.5 Å². The van der Waals surface area contributed by atoms with Crippen LogP contribution in [-0.2, 0) is 15.8 Å². The highest BCUT2D eigenvalue weighted by Crippen LogP contribution is 2.43. The highest BCUT2D eigenvalue weighted by Gasteiger charge is 2.45. The molecule has 29 heavy (non-hydrogen) atoms. The minimum atomic E-state index is -1.11. The summed E-state index contributed by atoms with van der Waals surface area (Å²) >= 11 is 6.06. The van der Waals surface area contributed by atoms with Crippen molar-refractivity contribution in [1.29, 1.82) is 0 Å². The van der Waals surface area contributed by atoms with E-state index in [0.29, 0.717) is 29.7 Å². The van der Waals surface area contributed by atoms with Gasteiger partial charge < -0.3 is 15.1 Å². The quantitative estimate of drug-likeness (QED) is 0.519. The number of nitrogens with one attached hydrogen (secondary N) is 1. The van der Waals surface area contributed by atoms with Crippen molar-refractivity contribution in [3.8, 4) is 0 Å². The fraction of sp³-hybridized carbons (Fsp3) is 0.667. The topological polar surface area (TPSA) is 89.9 Å². The molecule has 3 rings (SSSR count). The van der Waals surface area contributed by atoms with Gasteiger partial charge in [0, 0.05) is 29.3 Å². The first-order chi connectivity index (χ1) is 13.9. The van der Waals surface area contributed by atoms with E-state index in [-0.39, 0.29) is 36.9 Å². The van der Waals surface area contributed by atoms with Crippen LogP contribution < -0.4 is 4.72 Å². The van der Waals surface area contributed by atoms with Gasteiger partial charge in [0.1, 0.15) is 0 Å². The molecule has 1 heterocycles. The molecule has 0 bridgehead atoms. The predicted molar refractivity (Wildman–Crippen MR) is 115 cm³/mol. The Hall–Kier alpha value is -0.990. The zero-order chi connectivity index (χ0) is 21.0. The lowest BCUT2D eigenvalue weighted by Crippen LogP contribution is -2.53. The smallest absolute Gasteiger partial charge is 0.226 e. The van der Waals surface area contributed by atoms with Gasteiger partial charge >= 0.3 is 0 Å². The number of nitrogens with zero attached hydrogens (tertiary/aromatic N) is 1. The summed E-state index contributed by atoms with van der Waals surface area (Å²) in [5, 5.41) is 19.8. The Morgan fingerprint density at radius 1 is 1.24 bits per heavy atom. The highest BCUT2D eigenvalue weighted by molar-refractivity contribution is 7.82. The van der Waals surface area contributed by atoms with Crippen LogP contribution in [0.5, 0.6) is 0 Å². The number of hydrogen-bond donors (Lipinski definition) is 3. The third kappa shape index (κ3) is 5.79. The third-order valence-electron chi connectivity index (χ3n) is 5.99. The number of benzene rings is 1. The number of carbonyl (C=O) groups excluding carboxylic acids is 1. The van der Waals surface area contributed by atoms with E-state index in [2.05, 4.69) is 4.72 Å². The summed E-state index contributed by atoms with van der Waals surface area (Å²) in [6, 6.07) is 7.53. The summed E-state index contributed by atoms with van der Waals surface area (Å²) in [6.07, 6.45) is 2.97. The lowest BCUT2D eigenvalue weighted by molar-refractivity contribution is -0.147. The first-order valence-corrected chi connectivity index (χ1v) is 12.1. The van der Waals surface area contributed by atoms with Gasteiger partial charge in [-0.1, -0.05) is 30.7 Å². The van der Waals surface area contributed by atoms with Crippen LogP contribution >= 0.6 is 11.6 Å². The molecule has 0 aromatic heterocycles. The number of aliphatic hydroxyl groups excluding tert-OH is 2. The van der Waals surface area contributed by atoms with Gasteiger partial charge in [0.05, 0.1) is 29.7 Å². The number of likely N-dealkylation sites (tertiary alicyclic amines) is 1. The molecular weight excluding hydrogens is 412 g/mol. The van der Waals surface area contributed by atoms with Gasteiger partial charge in [-0.15, -0.1) is 0 Å². The molecule has 3 N–H and O–H groups in total. The maximum Gasteiger partial charge on any atom is 0.226 e. The molecule has 2 fully saturated rings. The number of aliphatic hydroxyl groups is 2. The zero-order valence-electron chi connectivity index (χ0n) is 16.8. The molecule has 0 spiro atoms. The highest BCUT2D eigenvalue weighted by atomic mass is 35.5. The number of hydrogen-bond acceptors (Lipinski definition) is 4. The Balaban J connectivity index is 1.87. The van der Waals surface area contributed by atoms with E-state index in [1.54, 1.807) is 0 Å². The number of carbonyl (C=O) groups is 1. The van der Waals surface area contributed by atoms with Gasteiger partial charge in [0.2, 0.25) is 5.91 Å². The predicted octanol–water partition coefficient (Wildman–Crippen LogP) is 2.41. The van der Waals surface area contributed by atoms with Crippen molar-refractivity contribution in [2.24, 2.45) is 11.8 Å². The monoisotopic (exact) mass is 442 g/mol. The minimum absolute atomic E-state index is 0.0182. The normalized spacial score (nSPS) is 25.7. The largest absolute Gasteiger partial charge is 0.394 e. The molecular formula is C21H31ClN2O4S. The van der Waals surface area contributed by atoms with Crippen LogP contribution in [0.4, 0.5) is 0 Å². The third-order valence-corrected chi connectivity index (χ3v) is 7.25. The first-order valence-electron chi connectivity index (χ1n) is 10.4. The molecule has 6 nitrogen and oxygen atoms in total. The van der Waals surface area contributed by atoms with E-state index in [9.17, 15) is 19.2 Å². The molecule has 1 aromatic rings. The second-order valence-electron chi connectivity index (χ2n) is 8.05. The maximum atomic E-state index is 13.5. The molecule has 1 amide bonds. The zero-order valence-corrected chi connectivity index (χ0v) is 18.4. The SMILES string of the molecule is CCS(=O)NCC(C1CC1)N1C(=O)[C@@H](CC(O)CO)CC[C@H]1c1ccc(Cl)cc1. The molecule has 5 atom stereocenters. The van der Waals surface area contributed by atoms with Gasteiger partial charge in [-0.3, -0.25) is 4.79 Å². The number of piperidine rings is 1. The fourth-order valence-electron chi connectivity index (χ4n) is 4.27. The summed E-state index contributed by atoms with van der Waals surface area (Å²) in [7, 11) is -1.11. The molecule has 1 aliphatic carbocycles. The summed E-state index contributed by atoms with van der Waals surface area (Å²) < 4.78 is 15.1. The van der Waals surface area contributed by atoms with Crippen LogP contribution in [0.25, 0.3) is 0 Å². The van der Waals surface area contributed by atoms with Crippen LogP contribution in [-0.4, -0.2) is 56.3 Å². The van der Waals surface area contributed by atoms with Crippen molar-refractivity contribution < 1.29 is 19.2 Å². The Morgan fingerprint density at radius 3 is 2.52 bits per heavy atom. The lowest BCUT2D eigenvalue weighted by Gasteiger charge is -2.45. The van der Waals surface area contributed by atoms with Crippen LogP contribution in [0.1, 0.15) is 50.6 Å². The standard InChI is InChI=1S/C21H31ClN2O4S/c1-2-29(28)23-12-20(15-3-4-15)24-19(14-5-8-17(22)9-6-14)10-7-16(21(24)27)11-18(26)13-25/h5-6,8-9,15-16,18-20,23,25-26H,2-4,7,10-13H2,1H3/t16-,18?,19+,20?,29?/m1/s1. The summed E-state index contributed by atoms with van der Waals surface area (Å²) in [5.74, 6) is 0.636. The number of rotatable bonds is 10. The molecule has 0 radical (unpaired) electrons. The van der Waals surface area contributed by atoms with Crippen LogP contribution in [0.3, 0.4) is 0 Å². The van der Waals surface area contributed by atoms with Gasteiger partial charge in [0.15, 0.2) is 0 Å². The molecule has 1 saturated carbocycles. The van der Waals surface area contributed by atoms with E-state index in [1.807, 2.05) is 36.1 Å². The van der Waals surface area contributed by atoms with E-state index in [0.717, 1.165) is 24.8 Å². The Bertz CT molecular complexity index is 713. The van der Waals surface area contributed by atoms with Gasteiger partial charge in [-0.2, -0.15) is 0 Å². The fourth-order valence-corrected chi connectivity index (χ4v) is 4.95. The maximum absolute atomic E-state index is 13.5. The van der Waals surface area contributed by atoms with Gasteiger partial charge in [-0.05, 0) is 55.7 Å². The summed E-state index contributed by atoms with van der Waals surface area (Å²) in [5.41, 5.74) is 1.05. The van der Waals surface area contributed by atoms with E-state index >= 15 is 0 Å². The second-order valence-corrected chi connectivity index (χ2v) is 10.0. The molecule has 8 heteroatoms. The van der Waals surface area contributed by atoms with Crippen molar-refractivity contribution in [1.82, 2.24) is 9.62 Å². The van der Waals surface area contributed by atoms with Gasteiger partial charge in [0.25, 0.3) is 0 Å². The summed E-state index contributed by atoms with van der Waals surface area (Å²) in [4.78, 5) is 15.5. The first kappa shape index (κ1) is 22.7. The van der Waals surface area contributed by atoms with Crippen LogP contribution in [0.2, 0.25) is 5.02 Å². The number of amides is 1. The van der Waals surface area contributed by atoms with Crippen molar-refractivity contribution in [2.75, 3.05) is 18.9 Å². The molecule has 2 aliphatic rings. The van der Waals surface area contributed by atoms with E-state index < -0.39 is 17.1 Å². The van der Waals surface area contributed by atoms with Crippen LogP contribution in [0.15, 0.2) is 24.3 Å². The van der Waals surface area contributed by atoms with E-state index in [4.69, 9.17) is 11.6 Å². The number of halogens is 1. The Morgan fingerprint density at radius 2 is 1.93 bits per heavy atom. The van der Waals surface area contributed by atoms with Gasteiger partial charge in [-0.25, -0.2) is 8.93 Å². The Labute approximate surface area is 180 Å². The lowest BCUT2D eigenvalue weighted by atomic mass is 9.83. The molecule has 1 aromatic carbocycles. The second kappa shape index (κ2) is 10.4. The molecule has 3 unspecified atom stereocenters.